The Hall–Kier alpha value is -0.120. The van der Waals surface area contributed by atoms with E-state index in [-0.39, 0.29) is 0 Å². The average Bonchev–Trinajstić information content (AvgIpc) is 2.63. The van der Waals surface area contributed by atoms with Crippen LogP contribution in [0.5, 0.6) is 0 Å². The van der Waals surface area contributed by atoms with Gasteiger partial charge in [-0.25, -0.2) is 0 Å². The van der Waals surface area contributed by atoms with Crippen molar-refractivity contribution in [2.75, 3.05) is 46.4 Å². The van der Waals surface area contributed by atoms with E-state index in [1.807, 2.05) is 0 Å². The first-order valence-electron chi connectivity index (χ1n) is 5.35. The molecule has 0 atom stereocenters. The lowest BCUT2D eigenvalue weighted by atomic mass is 10.4. The number of rotatable bonds is 7. The number of hydrogen-bond acceptors (Lipinski definition) is 3. The van der Waals surface area contributed by atoms with Crippen molar-refractivity contribution < 1.29 is 4.74 Å². The van der Waals surface area contributed by atoms with Crippen molar-refractivity contribution in [1.29, 1.82) is 0 Å². The van der Waals surface area contributed by atoms with Gasteiger partial charge in [0.25, 0.3) is 0 Å². The molecule has 0 aromatic rings. The summed E-state index contributed by atoms with van der Waals surface area (Å²) in [6, 6.07) is 0. The first kappa shape index (κ1) is 11.0. The number of methoxy groups -OCH3 is 1. The summed E-state index contributed by atoms with van der Waals surface area (Å²) in [6.07, 6.45) is 4.07. The maximum atomic E-state index is 4.95. The molecule has 1 N–H and O–H groups in total. The van der Waals surface area contributed by atoms with Crippen LogP contribution in [0.25, 0.3) is 0 Å². The summed E-state index contributed by atoms with van der Waals surface area (Å²) in [5, 5.41) is 3.36. The van der Waals surface area contributed by atoms with E-state index >= 15 is 0 Å². The highest BCUT2D eigenvalue weighted by molar-refractivity contribution is 4.65. The Labute approximate surface area is 81.4 Å². The van der Waals surface area contributed by atoms with Crippen LogP contribution in [0.3, 0.4) is 0 Å². The van der Waals surface area contributed by atoms with Gasteiger partial charge in [-0.05, 0) is 45.4 Å². The molecule has 0 bridgehead atoms. The molecule has 0 unspecified atom stereocenters. The highest BCUT2D eigenvalue weighted by atomic mass is 16.5. The van der Waals surface area contributed by atoms with Gasteiger partial charge in [-0.15, -0.1) is 0 Å². The first-order chi connectivity index (χ1) is 6.43. The minimum absolute atomic E-state index is 0.823. The molecule has 0 aromatic carbocycles. The van der Waals surface area contributed by atoms with Gasteiger partial charge in [0.1, 0.15) is 0 Å². The molecule has 13 heavy (non-hydrogen) atoms. The topological polar surface area (TPSA) is 24.5 Å². The van der Waals surface area contributed by atoms with Crippen LogP contribution in [0.1, 0.15) is 19.3 Å². The fourth-order valence-corrected chi connectivity index (χ4v) is 1.73. The highest BCUT2D eigenvalue weighted by Gasteiger charge is 2.09. The van der Waals surface area contributed by atoms with Crippen LogP contribution < -0.4 is 5.32 Å². The SMILES string of the molecule is COCCNCCCN1CCCC1. The lowest BCUT2D eigenvalue weighted by Gasteiger charge is -2.14. The van der Waals surface area contributed by atoms with Gasteiger partial charge >= 0.3 is 0 Å². The van der Waals surface area contributed by atoms with Gasteiger partial charge < -0.3 is 15.0 Å². The Balaban J connectivity index is 1.78. The highest BCUT2D eigenvalue weighted by Crippen LogP contribution is 2.06. The van der Waals surface area contributed by atoms with Gasteiger partial charge in [-0.3, -0.25) is 0 Å². The van der Waals surface area contributed by atoms with E-state index in [4.69, 9.17) is 4.74 Å². The van der Waals surface area contributed by atoms with Crippen molar-refractivity contribution in [1.82, 2.24) is 10.2 Å². The number of ether oxygens (including phenoxy) is 1. The minimum atomic E-state index is 0.823. The summed E-state index contributed by atoms with van der Waals surface area (Å²) in [7, 11) is 1.74. The van der Waals surface area contributed by atoms with Gasteiger partial charge in [-0.2, -0.15) is 0 Å². The third kappa shape index (κ3) is 5.24. The van der Waals surface area contributed by atoms with Crippen molar-refractivity contribution in [3.63, 3.8) is 0 Å². The minimum Gasteiger partial charge on any atom is -0.383 e. The fourth-order valence-electron chi connectivity index (χ4n) is 1.73. The third-order valence-corrected chi connectivity index (χ3v) is 2.51. The molecule has 1 heterocycles. The van der Waals surface area contributed by atoms with Crippen LogP contribution in [0, 0.1) is 0 Å². The molecule has 1 saturated heterocycles. The molecule has 0 aromatic heterocycles. The van der Waals surface area contributed by atoms with Gasteiger partial charge in [0.2, 0.25) is 0 Å². The predicted molar refractivity (Wildman–Crippen MR) is 55.0 cm³/mol. The molecule has 3 heteroatoms. The predicted octanol–water partition coefficient (Wildman–Crippen LogP) is 0.708. The number of likely N-dealkylation sites (tertiary alicyclic amines) is 1. The van der Waals surface area contributed by atoms with Crippen molar-refractivity contribution in [2.24, 2.45) is 0 Å². The molecular weight excluding hydrogens is 164 g/mol. The van der Waals surface area contributed by atoms with Crippen LogP contribution in [-0.2, 0) is 4.74 Å². The van der Waals surface area contributed by atoms with E-state index in [1.54, 1.807) is 7.11 Å². The summed E-state index contributed by atoms with van der Waals surface area (Å²) in [5.74, 6) is 0. The Kier molecular flexibility index (Phi) is 6.15. The van der Waals surface area contributed by atoms with Crippen molar-refractivity contribution in [2.45, 2.75) is 19.3 Å². The lowest BCUT2D eigenvalue weighted by molar-refractivity contribution is 0.199. The maximum Gasteiger partial charge on any atom is 0.0587 e. The van der Waals surface area contributed by atoms with Crippen LogP contribution in [0.2, 0.25) is 0 Å². The summed E-state index contributed by atoms with van der Waals surface area (Å²) >= 11 is 0. The molecule has 0 aliphatic carbocycles. The average molecular weight is 186 g/mol. The van der Waals surface area contributed by atoms with Crippen LogP contribution in [0.4, 0.5) is 0 Å². The smallest absolute Gasteiger partial charge is 0.0587 e. The zero-order valence-corrected chi connectivity index (χ0v) is 8.72. The molecule has 1 aliphatic rings. The normalized spacial score (nSPS) is 18.2. The lowest BCUT2D eigenvalue weighted by Crippen LogP contribution is -2.26. The van der Waals surface area contributed by atoms with Gasteiger partial charge in [0, 0.05) is 13.7 Å². The Morgan fingerprint density at radius 3 is 2.69 bits per heavy atom. The molecule has 78 valence electrons. The van der Waals surface area contributed by atoms with Crippen molar-refractivity contribution >= 4 is 0 Å². The molecule has 0 saturated carbocycles. The van der Waals surface area contributed by atoms with E-state index < -0.39 is 0 Å². The fraction of sp³-hybridized carbons (Fsp3) is 1.00. The Morgan fingerprint density at radius 1 is 1.23 bits per heavy atom. The summed E-state index contributed by atoms with van der Waals surface area (Å²) < 4.78 is 4.95. The van der Waals surface area contributed by atoms with E-state index in [9.17, 15) is 0 Å². The van der Waals surface area contributed by atoms with Crippen molar-refractivity contribution in [3.8, 4) is 0 Å². The van der Waals surface area contributed by atoms with Crippen LogP contribution >= 0.6 is 0 Å². The number of nitrogens with one attached hydrogen (secondary N) is 1. The molecule has 1 fully saturated rings. The molecular formula is C10H22N2O. The maximum absolute atomic E-state index is 4.95. The van der Waals surface area contributed by atoms with Gasteiger partial charge in [0.05, 0.1) is 6.61 Å². The van der Waals surface area contributed by atoms with E-state index in [2.05, 4.69) is 10.2 Å². The van der Waals surface area contributed by atoms with Crippen LogP contribution in [0.15, 0.2) is 0 Å². The second-order valence-electron chi connectivity index (χ2n) is 3.65. The zero-order chi connectivity index (χ0) is 9.36. The quantitative estimate of drug-likeness (QED) is 0.593. The summed E-state index contributed by atoms with van der Waals surface area (Å²) in [5.41, 5.74) is 0. The molecule has 1 aliphatic heterocycles. The van der Waals surface area contributed by atoms with E-state index in [0.29, 0.717) is 0 Å². The summed E-state index contributed by atoms with van der Waals surface area (Å²) in [6.45, 7) is 6.83. The van der Waals surface area contributed by atoms with E-state index in [0.717, 1.165) is 19.7 Å². The Bertz CT molecular complexity index is 113. The second-order valence-corrected chi connectivity index (χ2v) is 3.65. The first-order valence-corrected chi connectivity index (χ1v) is 5.35. The third-order valence-electron chi connectivity index (χ3n) is 2.51. The molecule has 0 spiro atoms. The van der Waals surface area contributed by atoms with Gasteiger partial charge in [-0.1, -0.05) is 0 Å². The number of nitrogens with zero attached hydrogens (tertiary/aromatic N) is 1. The van der Waals surface area contributed by atoms with E-state index in [1.165, 1.54) is 38.9 Å². The zero-order valence-electron chi connectivity index (χ0n) is 8.72. The molecule has 0 amide bonds. The molecule has 3 nitrogen and oxygen atoms in total. The van der Waals surface area contributed by atoms with Crippen LogP contribution in [-0.4, -0.2) is 51.3 Å². The number of hydrogen-bond donors (Lipinski definition) is 1. The molecule has 0 radical (unpaired) electrons. The monoisotopic (exact) mass is 186 g/mol. The second kappa shape index (κ2) is 7.30. The largest absolute Gasteiger partial charge is 0.383 e. The Morgan fingerprint density at radius 2 is 2.00 bits per heavy atom. The standard InChI is InChI=1S/C10H22N2O/c1-13-10-6-11-5-4-9-12-7-2-3-8-12/h11H,2-10H2,1H3. The van der Waals surface area contributed by atoms with Crippen molar-refractivity contribution in [3.05, 3.63) is 0 Å². The molecule has 1 rings (SSSR count). The summed E-state index contributed by atoms with van der Waals surface area (Å²) in [4.78, 5) is 2.55. The van der Waals surface area contributed by atoms with Gasteiger partial charge in [0.15, 0.2) is 0 Å².